The largest absolute Gasteiger partial charge is 0.311 e. The van der Waals surface area contributed by atoms with E-state index in [4.69, 9.17) is 0 Å². The Hall–Kier alpha value is -6.75. The number of aromatic nitrogens is 1. The molecular weight excluding hydrogens is 675 g/mol. The number of nitrogens with zero attached hydrogens (tertiary/aromatic N) is 3. The Balaban J connectivity index is 0.998. The fourth-order valence-electron chi connectivity index (χ4n) is 7.62. The summed E-state index contributed by atoms with van der Waals surface area (Å²) in [4.78, 5) is 7.23. The lowest BCUT2D eigenvalue weighted by Crippen LogP contribution is -2.17. The summed E-state index contributed by atoms with van der Waals surface area (Å²) in [6.45, 7) is 0. The minimum atomic E-state index is 1.12. The summed E-state index contributed by atoms with van der Waals surface area (Å²) in [5.41, 5.74) is 12.8. The lowest BCUT2D eigenvalue weighted by molar-refractivity contribution is 1.03. The molecule has 0 bridgehead atoms. The van der Waals surface area contributed by atoms with Crippen molar-refractivity contribution in [2.24, 2.45) is 0 Å². The van der Waals surface area contributed by atoms with Gasteiger partial charge < -0.3 is 4.90 Å². The van der Waals surface area contributed by atoms with E-state index in [2.05, 4.69) is 227 Å². The van der Waals surface area contributed by atoms with Crippen molar-refractivity contribution in [3.05, 3.63) is 212 Å². The lowest BCUT2D eigenvalue weighted by Gasteiger charge is -2.33. The van der Waals surface area contributed by atoms with Crippen molar-refractivity contribution in [3.8, 4) is 27.9 Å². The highest BCUT2D eigenvalue weighted by molar-refractivity contribution is 8.00. The first-order valence-corrected chi connectivity index (χ1v) is 19.1. The smallest absolute Gasteiger partial charge is 0.137 e. The molecule has 0 amide bonds. The summed E-state index contributed by atoms with van der Waals surface area (Å²) in [5, 5.41) is 1.25. The average Bonchev–Trinajstić information content (AvgIpc) is 3.58. The van der Waals surface area contributed by atoms with E-state index in [1.165, 1.54) is 54.5 Å². The van der Waals surface area contributed by atoms with Crippen molar-refractivity contribution in [1.82, 2.24) is 4.57 Å². The summed E-state index contributed by atoms with van der Waals surface area (Å²) in [6.07, 6.45) is 0. The number of hydrogen-bond acceptors (Lipinski definition) is 3. The number of fused-ring (bicyclic) bond motifs is 4. The Kier molecular flexibility index (Phi) is 8.08. The number of anilines is 6. The minimum Gasteiger partial charge on any atom is -0.311 e. The second-order valence-electron chi connectivity index (χ2n) is 13.4. The van der Waals surface area contributed by atoms with Gasteiger partial charge in [0.15, 0.2) is 0 Å². The van der Waals surface area contributed by atoms with Gasteiger partial charge >= 0.3 is 0 Å². The molecule has 9 aromatic rings. The maximum absolute atomic E-state index is 2.43. The lowest BCUT2D eigenvalue weighted by atomic mass is 9.99. The summed E-state index contributed by atoms with van der Waals surface area (Å²) in [5.74, 6) is 1.17. The van der Waals surface area contributed by atoms with E-state index in [9.17, 15) is 0 Å². The third-order valence-electron chi connectivity index (χ3n) is 10.2. The second kappa shape index (κ2) is 13.7. The average molecular weight is 710 g/mol. The van der Waals surface area contributed by atoms with Gasteiger partial charge in [-0.2, -0.15) is 0 Å². The Bertz CT molecular complexity index is 2670. The normalized spacial score (nSPS) is 12.0. The highest BCUT2D eigenvalue weighted by atomic mass is 32.2. The molecule has 3 nitrogen and oxygen atoms in total. The zero-order valence-electron chi connectivity index (χ0n) is 29.5. The Morgan fingerprint density at radius 2 is 0.852 bits per heavy atom. The molecule has 0 unspecified atom stereocenters. The molecule has 0 aliphatic carbocycles. The molecule has 54 heavy (non-hydrogen) atoms. The van der Waals surface area contributed by atoms with Crippen LogP contribution in [0, 0.1) is 0 Å². The molecule has 10 rings (SSSR count). The third-order valence-corrected chi connectivity index (χ3v) is 11.3. The van der Waals surface area contributed by atoms with Crippen molar-refractivity contribution in [1.29, 1.82) is 0 Å². The van der Waals surface area contributed by atoms with Gasteiger partial charge in [0.05, 0.1) is 16.1 Å². The van der Waals surface area contributed by atoms with Crippen LogP contribution in [0.4, 0.5) is 34.3 Å². The number of hydrogen-bond donors (Lipinski definition) is 0. The maximum Gasteiger partial charge on any atom is 0.137 e. The third kappa shape index (κ3) is 5.65. The molecule has 0 atom stereocenters. The predicted molar refractivity (Wildman–Crippen MR) is 228 cm³/mol. The number of benzene rings is 8. The second-order valence-corrected chi connectivity index (χ2v) is 14.5. The van der Waals surface area contributed by atoms with Gasteiger partial charge in [0.2, 0.25) is 0 Å². The highest BCUT2D eigenvalue weighted by Gasteiger charge is 2.32. The summed E-state index contributed by atoms with van der Waals surface area (Å²) in [6, 6.07) is 76.1. The Morgan fingerprint density at radius 3 is 1.46 bits per heavy atom. The van der Waals surface area contributed by atoms with Gasteiger partial charge in [-0.1, -0.05) is 145 Å². The molecule has 1 aliphatic rings. The van der Waals surface area contributed by atoms with Gasteiger partial charge in [-0.05, 0) is 101 Å². The van der Waals surface area contributed by atoms with Crippen LogP contribution in [0.15, 0.2) is 222 Å². The van der Waals surface area contributed by atoms with E-state index < -0.39 is 0 Å². The maximum atomic E-state index is 2.43. The number of para-hydroxylation sites is 5. The molecule has 0 N–H and O–H groups in total. The van der Waals surface area contributed by atoms with Crippen LogP contribution in [0.25, 0.3) is 38.8 Å². The van der Waals surface area contributed by atoms with E-state index in [1.54, 1.807) is 0 Å². The molecule has 8 aromatic carbocycles. The van der Waals surface area contributed by atoms with Crippen LogP contribution in [0.1, 0.15) is 0 Å². The van der Waals surface area contributed by atoms with Crippen LogP contribution >= 0.6 is 11.8 Å². The zero-order chi connectivity index (χ0) is 35.8. The molecule has 0 saturated carbocycles. The zero-order valence-corrected chi connectivity index (χ0v) is 30.3. The predicted octanol–water partition coefficient (Wildman–Crippen LogP) is 14.4. The van der Waals surface area contributed by atoms with Gasteiger partial charge in [-0.15, -0.1) is 0 Å². The SMILES string of the molecule is c1ccc(N(c2ccccc2)c2ccc(-c3ccc(-c4ccc5c(c4)Sc4c(n(-c6ccccc6)c6ccccc46)N5c4ccccc4)cc3)cc2)cc1. The van der Waals surface area contributed by atoms with E-state index >= 15 is 0 Å². The van der Waals surface area contributed by atoms with Gasteiger partial charge in [0.25, 0.3) is 0 Å². The molecule has 0 radical (unpaired) electrons. The minimum absolute atomic E-state index is 1.12. The van der Waals surface area contributed by atoms with Crippen LogP contribution in [0.3, 0.4) is 0 Å². The Morgan fingerprint density at radius 1 is 0.389 bits per heavy atom. The van der Waals surface area contributed by atoms with Crippen molar-refractivity contribution in [2.45, 2.75) is 9.79 Å². The summed E-state index contributed by atoms with van der Waals surface area (Å²) in [7, 11) is 0. The molecular formula is C50H35N3S. The molecule has 256 valence electrons. The fourth-order valence-corrected chi connectivity index (χ4v) is 8.85. The summed E-state index contributed by atoms with van der Waals surface area (Å²) < 4.78 is 2.41. The van der Waals surface area contributed by atoms with E-state index in [1.807, 2.05) is 11.8 Å². The van der Waals surface area contributed by atoms with Crippen LogP contribution < -0.4 is 9.80 Å². The first kappa shape index (κ1) is 31.9. The Labute approximate surface area is 320 Å². The number of rotatable bonds is 7. The first-order chi connectivity index (χ1) is 26.8. The van der Waals surface area contributed by atoms with E-state index in [-0.39, 0.29) is 0 Å². The van der Waals surface area contributed by atoms with E-state index in [0.29, 0.717) is 0 Å². The summed E-state index contributed by atoms with van der Waals surface area (Å²) >= 11 is 1.87. The molecule has 4 heteroatoms. The molecule has 1 aliphatic heterocycles. The fraction of sp³-hybridized carbons (Fsp3) is 0. The molecule has 2 heterocycles. The van der Waals surface area contributed by atoms with Gasteiger partial charge in [0, 0.05) is 38.7 Å². The van der Waals surface area contributed by atoms with Crippen LogP contribution in [-0.2, 0) is 0 Å². The van der Waals surface area contributed by atoms with Crippen LogP contribution in [0.2, 0.25) is 0 Å². The van der Waals surface area contributed by atoms with Gasteiger partial charge in [-0.3, -0.25) is 9.47 Å². The highest BCUT2D eigenvalue weighted by Crippen LogP contribution is 2.56. The first-order valence-electron chi connectivity index (χ1n) is 18.3. The molecule has 0 saturated heterocycles. The van der Waals surface area contributed by atoms with Crippen molar-refractivity contribution >= 4 is 56.9 Å². The van der Waals surface area contributed by atoms with Crippen molar-refractivity contribution in [3.63, 3.8) is 0 Å². The van der Waals surface area contributed by atoms with Gasteiger partial charge in [0.1, 0.15) is 5.82 Å². The van der Waals surface area contributed by atoms with Gasteiger partial charge in [-0.25, -0.2) is 0 Å². The van der Waals surface area contributed by atoms with Crippen LogP contribution in [0.5, 0.6) is 0 Å². The van der Waals surface area contributed by atoms with E-state index in [0.717, 1.165) is 28.4 Å². The van der Waals surface area contributed by atoms with Crippen LogP contribution in [-0.4, -0.2) is 4.57 Å². The molecule has 0 spiro atoms. The standard InChI is InChI=1S/C50H35N3S/c1-5-15-40(16-6-1)51(41-17-7-2-8-18-41)44-32-29-37(30-33-44)36-25-27-38(28-26-36)39-31-34-47-48(35-39)54-49-45-23-13-14-24-46(45)52(42-19-9-3-10-20-42)50(49)53(47)43-21-11-4-12-22-43/h1-35H. The molecule has 1 aromatic heterocycles. The molecule has 0 fully saturated rings. The monoisotopic (exact) mass is 709 g/mol. The van der Waals surface area contributed by atoms with Crippen molar-refractivity contribution < 1.29 is 0 Å². The van der Waals surface area contributed by atoms with Crippen molar-refractivity contribution in [2.75, 3.05) is 9.80 Å². The quantitative estimate of drug-likeness (QED) is 0.163. The topological polar surface area (TPSA) is 11.4 Å².